The fourth-order valence-corrected chi connectivity index (χ4v) is 2.13. The maximum Gasteiger partial charge on any atom is 0.326 e. The quantitative estimate of drug-likeness (QED) is 0.473. The van der Waals surface area contributed by atoms with Gasteiger partial charge in [0.25, 0.3) is 0 Å². The van der Waals surface area contributed by atoms with Crippen LogP contribution in [0.5, 0.6) is 0 Å². The first-order valence-electron chi connectivity index (χ1n) is 7.57. The number of aryl methyl sites for hydroxylation is 1. The second-order valence-electron chi connectivity index (χ2n) is 5.31. The molecule has 122 valence electrons. The van der Waals surface area contributed by atoms with E-state index in [0.29, 0.717) is 32.2 Å². The molecule has 0 bridgehead atoms. The number of hydrogen-bond donors (Lipinski definition) is 4. The van der Waals surface area contributed by atoms with E-state index in [1.807, 2.05) is 30.3 Å². The van der Waals surface area contributed by atoms with Gasteiger partial charge >= 0.3 is 5.97 Å². The molecule has 1 aromatic carbocycles. The number of carbonyl (C=O) groups excluding carboxylic acids is 1. The average molecular weight is 307 g/mol. The maximum absolute atomic E-state index is 12.0. The van der Waals surface area contributed by atoms with Crippen LogP contribution in [0.2, 0.25) is 0 Å². The number of nitrogens with one attached hydrogen (secondary N) is 1. The Balaban J connectivity index is 2.41. The topological polar surface area (TPSA) is 118 Å². The summed E-state index contributed by atoms with van der Waals surface area (Å²) in [5, 5.41) is 11.6. The lowest BCUT2D eigenvalue weighted by Gasteiger charge is -2.17. The van der Waals surface area contributed by atoms with Crippen molar-refractivity contribution in [2.45, 2.75) is 44.2 Å². The Morgan fingerprint density at radius 3 is 2.41 bits per heavy atom. The van der Waals surface area contributed by atoms with Crippen molar-refractivity contribution in [3.05, 3.63) is 35.9 Å². The number of hydrogen-bond acceptors (Lipinski definition) is 4. The van der Waals surface area contributed by atoms with Gasteiger partial charge in [-0.2, -0.15) is 0 Å². The van der Waals surface area contributed by atoms with Gasteiger partial charge in [-0.05, 0) is 44.2 Å². The van der Waals surface area contributed by atoms with Crippen LogP contribution in [0.1, 0.15) is 31.2 Å². The number of unbranched alkanes of at least 4 members (excludes halogenated alkanes) is 1. The van der Waals surface area contributed by atoms with E-state index in [2.05, 4.69) is 5.32 Å². The van der Waals surface area contributed by atoms with E-state index in [4.69, 9.17) is 16.6 Å². The summed E-state index contributed by atoms with van der Waals surface area (Å²) in [5.41, 5.74) is 12.3. The largest absolute Gasteiger partial charge is 0.480 e. The highest BCUT2D eigenvalue weighted by molar-refractivity contribution is 5.86. The normalized spacial score (nSPS) is 13.4. The molecular formula is C16H25N3O3. The number of aliphatic carboxylic acids is 1. The van der Waals surface area contributed by atoms with Crippen LogP contribution in [0.25, 0.3) is 0 Å². The lowest BCUT2D eigenvalue weighted by molar-refractivity contribution is -0.142. The van der Waals surface area contributed by atoms with Gasteiger partial charge in [-0.25, -0.2) is 4.79 Å². The molecule has 0 aliphatic carbocycles. The molecule has 0 fully saturated rings. The van der Waals surface area contributed by atoms with Crippen LogP contribution in [-0.4, -0.2) is 35.6 Å². The van der Waals surface area contributed by atoms with E-state index < -0.39 is 24.0 Å². The van der Waals surface area contributed by atoms with Gasteiger partial charge in [0.1, 0.15) is 6.04 Å². The van der Waals surface area contributed by atoms with Gasteiger partial charge in [0.05, 0.1) is 6.04 Å². The van der Waals surface area contributed by atoms with Crippen LogP contribution < -0.4 is 16.8 Å². The third-order valence-electron chi connectivity index (χ3n) is 3.49. The first-order chi connectivity index (χ1) is 10.5. The monoisotopic (exact) mass is 307 g/mol. The van der Waals surface area contributed by atoms with Gasteiger partial charge < -0.3 is 21.9 Å². The lowest BCUT2D eigenvalue weighted by atomic mass is 10.0. The Bertz CT molecular complexity index is 465. The molecule has 0 saturated heterocycles. The van der Waals surface area contributed by atoms with Crippen LogP contribution in [0.15, 0.2) is 30.3 Å². The highest BCUT2D eigenvalue weighted by atomic mass is 16.4. The Morgan fingerprint density at radius 1 is 1.14 bits per heavy atom. The van der Waals surface area contributed by atoms with Crippen molar-refractivity contribution in [3.8, 4) is 0 Å². The molecule has 6 N–H and O–H groups in total. The van der Waals surface area contributed by atoms with E-state index in [9.17, 15) is 9.59 Å². The Morgan fingerprint density at radius 2 is 1.82 bits per heavy atom. The summed E-state index contributed by atoms with van der Waals surface area (Å²) < 4.78 is 0. The van der Waals surface area contributed by atoms with Crippen molar-refractivity contribution in [2.75, 3.05) is 6.54 Å². The zero-order valence-electron chi connectivity index (χ0n) is 12.7. The molecule has 0 unspecified atom stereocenters. The van der Waals surface area contributed by atoms with E-state index in [-0.39, 0.29) is 0 Å². The smallest absolute Gasteiger partial charge is 0.326 e. The van der Waals surface area contributed by atoms with Gasteiger partial charge in [-0.3, -0.25) is 4.79 Å². The summed E-state index contributed by atoms with van der Waals surface area (Å²) in [6.45, 7) is 0.511. The van der Waals surface area contributed by atoms with Crippen molar-refractivity contribution in [1.29, 1.82) is 0 Å². The summed E-state index contributed by atoms with van der Waals surface area (Å²) >= 11 is 0. The number of rotatable bonds is 10. The molecule has 0 spiro atoms. The van der Waals surface area contributed by atoms with Gasteiger partial charge in [0, 0.05) is 0 Å². The Kier molecular flexibility index (Phi) is 8.17. The standard InChI is InChI=1S/C16H25N3O3/c17-11-5-4-8-14(16(21)22)19-15(20)13(18)10-9-12-6-2-1-3-7-12/h1-3,6-7,13-14H,4-5,8-11,17-18H2,(H,19,20)(H,21,22)/t13-,14-/m0/s1. The highest BCUT2D eigenvalue weighted by Crippen LogP contribution is 2.05. The van der Waals surface area contributed by atoms with Crippen molar-refractivity contribution >= 4 is 11.9 Å². The zero-order chi connectivity index (χ0) is 16.4. The molecule has 1 aromatic rings. The van der Waals surface area contributed by atoms with Gasteiger partial charge in [0.2, 0.25) is 5.91 Å². The predicted molar refractivity (Wildman–Crippen MR) is 85.2 cm³/mol. The second-order valence-corrected chi connectivity index (χ2v) is 5.31. The van der Waals surface area contributed by atoms with Crippen LogP contribution in [0, 0.1) is 0 Å². The summed E-state index contributed by atoms with van der Waals surface area (Å²) in [7, 11) is 0. The van der Waals surface area contributed by atoms with Crippen molar-refractivity contribution in [3.63, 3.8) is 0 Å². The Labute approximate surface area is 130 Å². The molecule has 1 amide bonds. The van der Waals surface area contributed by atoms with Crippen LogP contribution in [-0.2, 0) is 16.0 Å². The number of benzene rings is 1. The molecule has 22 heavy (non-hydrogen) atoms. The van der Waals surface area contributed by atoms with Crippen LogP contribution >= 0.6 is 0 Å². The van der Waals surface area contributed by atoms with E-state index >= 15 is 0 Å². The molecule has 0 aliphatic heterocycles. The number of nitrogens with two attached hydrogens (primary N) is 2. The first kappa shape index (κ1) is 18.1. The molecule has 6 nitrogen and oxygen atoms in total. The average Bonchev–Trinajstić information content (AvgIpc) is 2.52. The minimum absolute atomic E-state index is 0.365. The number of carboxylic acid groups (broad SMARTS) is 1. The summed E-state index contributed by atoms with van der Waals surface area (Å²) in [4.78, 5) is 23.1. The molecule has 6 heteroatoms. The summed E-state index contributed by atoms with van der Waals surface area (Å²) in [6.07, 6.45) is 2.92. The van der Waals surface area contributed by atoms with E-state index in [1.165, 1.54) is 0 Å². The molecule has 2 atom stereocenters. The minimum Gasteiger partial charge on any atom is -0.480 e. The number of carbonyl (C=O) groups is 2. The van der Waals surface area contributed by atoms with Crippen molar-refractivity contribution in [2.24, 2.45) is 11.5 Å². The van der Waals surface area contributed by atoms with Gasteiger partial charge in [0.15, 0.2) is 0 Å². The SMILES string of the molecule is NCCCC[C@H](NC(=O)[C@@H](N)CCc1ccccc1)C(=O)O. The number of amides is 1. The third kappa shape index (κ3) is 6.69. The van der Waals surface area contributed by atoms with E-state index in [1.54, 1.807) is 0 Å². The number of carboxylic acids is 1. The molecule has 0 saturated carbocycles. The Hall–Kier alpha value is -1.92. The third-order valence-corrected chi connectivity index (χ3v) is 3.49. The summed E-state index contributed by atoms with van der Waals surface area (Å²) in [6, 6.07) is 8.11. The van der Waals surface area contributed by atoms with Gasteiger partial charge in [-0.15, -0.1) is 0 Å². The van der Waals surface area contributed by atoms with E-state index in [0.717, 1.165) is 12.0 Å². The first-order valence-corrected chi connectivity index (χ1v) is 7.57. The molecule has 0 aliphatic rings. The predicted octanol–water partition coefficient (Wildman–Crippen LogP) is 0.645. The zero-order valence-corrected chi connectivity index (χ0v) is 12.7. The van der Waals surface area contributed by atoms with Crippen LogP contribution in [0.3, 0.4) is 0 Å². The van der Waals surface area contributed by atoms with Gasteiger partial charge in [-0.1, -0.05) is 30.3 Å². The highest BCUT2D eigenvalue weighted by Gasteiger charge is 2.22. The van der Waals surface area contributed by atoms with Crippen LogP contribution in [0.4, 0.5) is 0 Å². The molecule has 0 aromatic heterocycles. The fourth-order valence-electron chi connectivity index (χ4n) is 2.13. The second kappa shape index (κ2) is 9.92. The lowest BCUT2D eigenvalue weighted by Crippen LogP contribution is -2.48. The minimum atomic E-state index is -1.04. The molecular weight excluding hydrogens is 282 g/mol. The molecule has 0 heterocycles. The fraction of sp³-hybridized carbons (Fsp3) is 0.500. The van der Waals surface area contributed by atoms with Crippen molar-refractivity contribution < 1.29 is 14.7 Å². The maximum atomic E-state index is 12.0. The van der Waals surface area contributed by atoms with Crippen molar-refractivity contribution in [1.82, 2.24) is 5.32 Å². The molecule has 1 rings (SSSR count). The molecule has 0 radical (unpaired) electrons. The summed E-state index contributed by atoms with van der Waals surface area (Å²) in [5.74, 6) is -1.46.